The van der Waals surface area contributed by atoms with Gasteiger partial charge in [0.1, 0.15) is 12.1 Å². The fourth-order valence-corrected chi connectivity index (χ4v) is 1.75. The summed E-state index contributed by atoms with van der Waals surface area (Å²) in [5.41, 5.74) is 0. The van der Waals surface area contributed by atoms with Gasteiger partial charge < -0.3 is 15.7 Å². The van der Waals surface area contributed by atoms with Crippen molar-refractivity contribution < 1.29 is 19.5 Å². The fourth-order valence-electron chi connectivity index (χ4n) is 1.75. The highest BCUT2D eigenvalue weighted by Crippen LogP contribution is 2.08. The molecule has 1 aliphatic heterocycles. The Hall–Kier alpha value is -2.03. The van der Waals surface area contributed by atoms with Crippen molar-refractivity contribution in [1.82, 2.24) is 10.6 Å². The van der Waals surface area contributed by atoms with E-state index in [-0.39, 0.29) is 12.3 Å². The molecule has 1 fully saturated rings. The maximum absolute atomic E-state index is 11.7. The molecule has 6 heteroatoms. The molecule has 3 N–H and O–H groups in total. The summed E-state index contributed by atoms with van der Waals surface area (Å²) in [6, 6.07) is -1.57. The van der Waals surface area contributed by atoms with Crippen molar-refractivity contribution in [3.8, 4) is 12.3 Å². The number of amides is 2. The van der Waals surface area contributed by atoms with E-state index in [0.717, 1.165) is 0 Å². The van der Waals surface area contributed by atoms with Crippen molar-refractivity contribution in [2.75, 3.05) is 0 Å². The summed E-state index contributed by atoms with van der Waals surface area (Å²) in [5, 5.41) is 13.9. The van der Waals surface area contributed by atoms with Gasteiger partial charge in [-0.3, -0.25) is 9.59 Å². The Morgan fingerprint density at radius 2 is 2.33 bits per heavy atom. The number of terminal acetylenes is 1. The van der Waals surface area contributed by atoms with E-state index in [1.165, 1.54) is 0 Å². The third-order valence-corrected chi connectivity index (χ3v) is 2.74. The second kappa shape index (κ2) is 6.64. The van der Waals surface area contributed by atoms with Crippen LogP contribution in [0.5, 0.6) is 0 Å². The van der Waals surface area contributed by atoms with Gasteiger partial charge >= 0.3 is 5.97 Å². The Kier molecular flexibility index (Phi) is 5.18. The van der Waals surface area contributed by atoms with Crippen molar-refractivity contribution in [1.29, 1.82) is 0 Å². The first-order chi connectivity index (χ1) is 8.54. The highest BCUT2D eigenvalue weighted by Gasteiger charge is 2.30. The topological polar surface area (TPSA) is 95.5 Å². The molecule has 1 saturated heterocycles. The van der Waals surface area contributed by atoms with Crippen molar-refractivity contribution >= 4 is 17.8 Å². The zero-order valence-corrected chi connectivity index (χ0v) is 9.94. The molecule has 0 aromatic carbocycles. The van der Waals surface area contributed by atoms with Crippen LogP contribution in [0.15, 0.2) is 0 Å². The summed E-state index contributed by atoms with van der Waals surface area (Å²) in [5.74, 6) is 0.685. The molecule has 0 spiro atoms. The Morgan fingerprint density at radius 1 is 1.61 bits per heavy atom. The average Bonchev–Trinajstić information content (AvgIpc) is 2.74. The number of carboxylic acid groups (broad SMARTS) is 1. The lowest BCUT2D eigenvalue weighted by atomic mass is 10.1. The summed E-state index contributed by atoms with van der Waals surface area (Å²) in [6.07, 6.45) is 7.07. The molecular weight excluding hydrogens is 236 g/mol. The van der Waals surface area contributed by atoms with E-state index in [1.54, 1.807) is 0 Å². The Bertz CT molecular complexity index is 386. The van der Waals surface area contributed by atoms with Crippen LogP contribution in [-0.4, -0.2) is 35.0 Å². The van der Waals surface area contributed by atoms with Crippen LogP contribution in [0, 0.1) is 12.3 Å². The number of carboxylic acids is 1. The minimum Gasteiger partial charge on any atom is -0.480 e. The maximum atomic E-state index is 11.7. The van der Waals surface area contributed by atoms with E-state index < -0.39 is 24.0 Å². The second-order valence-corrected chi connectivity index (χ2v) is 4.15. The number of unbranched alkanes of at least 4 members (excludes halogenated alkanes) is 1. The molecule has 0 bridgehead atoms. The summed E-state index contributed by atoms with van der Waals surface area (Å²) in [7, 11) is 0. The standard InChI is InChI=1S/C12H16N2O4/c1-2-3-4-5-9(12(17)18)14-11(16)8-6-7-10(15)13-8/h1,8-9H,3-7H2,(H,13,15)(H,14,16)(H,17,18)/t8-,9-/m1/s1. The van der Waals surface area contributed by atoms with Gasteiger partial charge in [-0.05, 0) is 19.3 Å². The molecule has 1 heterocycles. The van der Waals surface area contributed by atoms with Gasteiger partial charge in [-0.25, -0.2) is 4.79 Å². The summed E-state index contributed by atoms with van der Waals surface area (Å²) < 4.78 is 0. The molecule has 1 aliphatic rings. The Morgan fingerprint density at radius 3 is 2.83 bits per heavy atom. The molecule has 0 radical (unpaired) electrons. The first kappa shape index (κ1) is 14.0. The van der Waals surface area contributed by atoms with Gasteiger partial charge in [0, 0.05) is 12.8 Å². The van der Waals surface area contributed by atoms with Crippen molar-refractivity contribution in [2.45, 2.75) is 44.2 Å². The normalized spacial score (nSPS) is 19.7. The number of aliphatic carboxylic acids is 1. The van der Waals surface area contributed by atoms with E-state index in [4.69, 9.17) is 11.5 Å². The number of nitrogens with one attached hydrogen (secondary N) is 2. The zero-order valence-electron chi connectivity index (χ0n) is 9.94. The molecule has 0 aromatic rings. The number of carbonyl (C=O) groups excluding carboxylic acids is 2. The quantitative estimate of drug-likeness (QED) is 0.444. The van der Waals surface area contributed by atoms with Crippen LogP contribution in [0.1, 0.15) is 32.1 Å². The van der Waals surface area contributed by atoms with Crippen molar-refractivity contribution in [2.24, 2.45) is 0 Å². The van der Waals surface area contributed by atoms with E-state index in [9.17, 15) is 14.4 Å². The average molecular weight is 252 g/mol. The predicted molar refractivity (Wildman–Crippen MR) is 63.4 cm³/mol. The molecule has 2 atom stereocenters. The molecular formula is C12H16N2O4. The van der Waals surface area contributed by atoms with E-state index >= 15 is 0 Å². The predicted octanol–water partition coefficient (Wildman–Crippen LogP) is -0.362. The molecule has 0 aliphatic carbocycles. The molecule has 1 rings (SSSR count). The van der Waals surface area contributed by atoms with Crippen LogP contribution in [0.4, 0.5) is 0 Å². The van der Waals surface area contributed by atoms with Gasteiger partial charge in [0.25, 0.3) is 0 Å². The van der Waals surface area contributed by atoms with E-state index in [2.05, 4.69) is 16.6 Å². The molecule has 0 aromatic heterocycles. The highest BCUT2D eigenvalue weighted by molar-refractivity contribution is 5.92. The Balaban J connectivity index is 2.45. The summed E-state index contributed by atoms with van der Waals surface area (Å²) in [6.45, 7) is 0. The first-order valence-electron chi connectivity index (χ1n) is 5.80. The number of hydrogen-bond donors (Lipinski definition) is 3. The Labute approximate surface area is 105 Å². The number of hydrogen-bond acceptors (Lipinski definition) is 3. The van der Waals surface area contributed by atoms with Gasteiger partial charge in [0.05, 0.1) is 0 Å². The third-order valence-electron chi connectivity index (χ3n) is 2.74. The van der Waals surface area contributed by atoms with Gasteiger partial charge in [0.15, 0.2) is 0 Å². The summed E-state index contributed by atoms with van der Waals surface area (Å²) >= 11 is 0. The minimum atomic E-state index is -1.09. The second-order valence-electron chi connectivity index (χ2n) is 4.15. The van der Waals surface area contributed by atoms with Gasteiger partial charge in [0.2, 0.25) is 11.8 Å². The molecule has 0 saturated carbocycles. The van der Waals surface area contributed by atoms with Crippen LogP contribution in [0.2, 0.25) is 0 Å². The van der Waals surface area contributed by atoms with Crippen LogP contribution in [0.25, 0.3) is 0 Å². The molecule has 98 valence electrons. The first-order valence-corrected chi connectivity index (χ1v) is 5.80. The van der Waals surface area contributed by atoms with Gasteiger partial charge in [-0.15, -0.1) is 12.3 Å². The third kappa shape index (κ3) is 4.09. The lowest BCUT2D eigenvalue weighted by Crippen LogP contribution is -2.48. The van der Waals surface area contributed by atoms with Crippen molar-refractivity contribution in [3.05, 3.63) is 0 Å². The fraction of sp³-hybridized carbons (Fsp3) is 0.583. The molecule has 2 amide bonds. The van der Waals surface area contributed by atoms with Gasteiger partial charge in [-0.1, -0.05) is 0 Å². The maximum Gasteiger partial charge on any atom is 0.326 e. The molecule has 0 unspecified atom stereocenters. The van der Waals surface area contributed by atoms with Crippen molar-refractivity contribution in [3.63, 3.8) is 0 Å². The van der Waals surface area contributed by atoms with Crippen LogP contribution in [0.3, 0.4) is 0 Å². The SMILES string of the molecule is C#CCCC[C@@H](NC(=O)[C@H]1CCC(=O)N1)C(=O)O. The van der Waals surface area contributed by atoms with E-state index in [1.807, 2.05) is 0 Å². The largest absolute Gasteiger partial charge is 0.480 e. The van der Waals surface area contributed by atoms with Crippen LogP contribution in [-0.2, 0) is 14.4 Å². The lowest BCUT2D eigenvalue weighted by Gasteiger charge is -2.16. The van der Waals surface area contributed by atoms with Gasteiger partial charge in [-0.2, -0.15) is 0 Å². The van der Waals surface area contributed by atoms with E-state index in [0.29, 0.717) is 25.7 Å². The lowest BCUT2D eigenvalue weighted by molar-refractivity contribution is -0.142. The monoisotopic (exact) mass is 252 g/mol. The van der Waals surface area contributed by atoms with Crippen LogP contribution < -0.4 is 10.6 Å². The summed E-state index contributed by atoms with van der Waals surface area (Å²) in [4.78, 5) is 33.6. The minimum absolute atomic E-state index is 0.186. The molecule has 18 heavy (non-hydrogen) atoms. The smallest absolute Gasteiger partial charge is 0.326 e. The van der Waals surface area contributed by atoms with Crippen LogP contribution >= 0.6 is 0 Å². The molecule has 6 nitrogen and oxygen atoms in total. The number of carbonyl (C=O) groups is 3. The zero-order chi connectivity index (χ0) is 13.5. The number of rotatable bonds is 6. The highest BCUT2D eigenvalue weighted by atomic mass is 16.4.